The molecule has 0 bridgehead atoms. The van der Waals surface area contributed by atoms with Crippen molar-refractivity contribution in [2.75, 3.05) is 6.26 Å². The summed E-state index contributed by atoms with van der Waals surface area (Å²) in [4.78, 5) is 0. The molecule has 1 aliphatic carbocycles. The van der Waals surface area contributed by atoms with Crippen LogP contribution in [0, 0.1) is 5.82 Å². The molecule has 1 aromatic carbocycles. The van der Waals surface area contributed by atoms with E-state index in [1.54, 1.807) is 6.07 Å². The second kappa shape index (κ2) is 6.78. The first-order valence-corrected chi connectivity index (χ1v) is 8.05. The van der Waals surface area contributed by atoms with Gasteiger partial charge in [0.25, 0.3) is 0 Å². The summed E-state index contributed by atoms with van der Waals surface area (Å²) in [5, 5.41) is 4.76. The minimum atomic E-state index is -0.259. The van der Waals surface area contributed by atoms with Gasteiger partial charge in [0.15, 0.2) is 0 Å². The van der Waals surface area contributed by atoms with Crippen LogP contribution in [0.4, 0.5) is 4.39 Å². The van der Waals surface area contributed by atoms with E-state index in [0.717, 1.165) is 10.8 Å². The summed E-state index contributed by atoms with van der Waals surface area (Å²) in [6.07, 6.45) is 7.22. The van der Waals surface area contributed by atoms with Gasteiger partial charge in [0.1, 0.15) is 5.82 Å². The van der Waals surface area contributed by atoms with E-state index in [4.69, 9.17) is 11.6 Å². The maximum Gasteiger partial charge on any atom is 0.125 e. The normalized spacial score (nSPS) is 24.2. The highest BCUT2D eigenvalue weighted by molar-refractivity contribution is 7.99. The topological polar surface area (TPSA) is 12.0 Å². The highest BCUT2D eigenvalue weighted by atomic mass is 35.5. The molecule has 2 rings (SSSR count). The van der Waals surface area contributed by atoms with E-state index in [0.29, 0.717) is 17.6 Å². The van der Waals surface area contributed by atoms with Gasteiger partial charge < -0.3 is 5.32 Å². The van der Waals surface area contributed by atoms with Gasteiger partial charge >= 0.3 is 0 Å². The van der Waals surface area contributed by atoms with Gasteiger partial charge in [0.05, 0.1) is 0 Å². The van der Waals surface area contributed by atoms with Crippen LogP contribution in [0.2, 0.25) is 5.02 Å². The molecule has 0 amide bonds. The molecule has 1 aliphatic rings. The molecule has 0 aromatic heterocycles. The number of thioether (sulfide) groups is 1. The summed E-state index contributed by atoms with van der Waals surface area (Å²) in [7, 11) is 0. The van der Waals surface area contributed by atoms with Gasteiger partial charge in [0.2, 0.25) is 0 Å². The van der Waals surface area contributed by atoms with Crippen LogP contribution in [0.15, 0.2) is 18.2 Å². The lowest BCUT2D eigenvalue weighted by atomic mass is 9.95. The largest absolute Gasteiger partial charge is 0.310 e. The number of hydrogen-bond donors (Lipinski definition) is 1. The second-order valence-corrected chi connectivity index (χ2v) is 6.45. The van der Waals surface area contributed by atoms with Crippen molar-refractivity contribution in [1.82, 2.24) is 5.32 Å². The van der Waals surface area contributed by atoms with Crippen molar-refractivity contribution >= 4 is 23.4 Å². The lowest BCUT2D eigenvalue weighted by Gasteiger charge is -2.28. The molecule has 0 saturated heterocycles. The van der Waals surface area contributed by atoms with E-state index >= 15 is 0 Å². The average Bonchev–Trinajstić information content (AvgIpc) is 2.35. The SMILES string of the molecule is CSC1CCCC(NCc2cc(F)cc(Cl)c2)C1. The molecule has 0 spiro atoms. The van der Waals surface area contributed by atoms with Gasteiger partial charge in [-0.2, -0.15) is 11.8 Å². The van der Waals surface area contributed by atoms with Crippen molar-refractivity contribution in [2.24, 2.45) is 0 Å². The predicted octanol–water partition coefficient (Wildman–Crippen LogP) is 4.24. The zero-order valence-electron chi connectivity index (χ0n) is 10.6. The Morgan fingerprint density at radius 3 is 2.94 bits per heavy atom. The fourth-order valence-electron chi connectivity index (χ4n) is 2.52. The predicted molar refractivity (Wildman–Crippen MR) is 77.8 cm³/mol. The quantitative estimate of drug-likeness (QED) is 0.889. The first kappa shape index (κ1) is 14.2. The van der Waals surface area contributed by atoms with Crippen molar-refractivity contribution in [2.45, 2.75) is 43.5 Å². The van der Waals surface area contributed by atoms with Crippen LogP contribution in [0.1, 0.15) is 31.2 Å². The molecular formula is C14H19ClFNS. The monoisotopic (exact) mass is 287 g/mol. The number of hydrogen-bond acceptors (Lipinski definition) is 2. The zero-order chi connectivity index (χ0) is 13.0. The van der Waals surface area contributed by atoms with Gasteiger partial charge in [-0.3, -0.25) is 0 Å². The minimum Gasteiger partial charge on any atom is -0.310 e. The molecule has 1 nitrogen and oxygen atoms in total. The maximum atomic E-state index is 13.2. The van der Waals surface area contributed by atoms with Crippen LogP contribution >= 0.6 is 23.4 Å². The molecule has 100 valence electrons. The van der Waals surface area contributed by atoms with Crippen molar-refractivity contribution in [1.29, 1.82) is 0 Å². The lowest BCUT2D eigenvalue weighted by molar-refractivity contribution is 0.379. The van der Waals surface area contributed by atoms with E-state index in [1.165, 1.54) is 31.7 Å². The third kappa shape index (κ3) is 4.15. The molecule has 1 fully saturated rings. The molecule has 0 radical (unpaired) electrons. The molecule has 0 heterocycles. The first-order valence-electron chi connectivity index (χ1n) is 6.38. The van der Waals surface area contributed by atoms with Crippen LogP contribution < -0.4 is 5.32 Å². The fraction of sp³-hybridized carbons (Fsp3) is 0.571. The number of nitrogens with one attached hydrogen (secondary N) is 1. The summed E-state index contributed by atoms with van der Waals surface area (Å²) < 4.78 is 13.2. The Bertz CT molecular complexity index is 379. The highest BCUT2D eigenvalue weighted by Crippen LogP contribution is 2.27. The molecule has 18 heavy (non-hydrogen) atoms. The van der Waals surface area contributed by atoms with E-state index in [1.807, 2.05) is 17.8 Å². The van der Waals surface area contributed by atoms with Crippen LogP contribution in [-0.2, 0) is 6.54 Å². The summed E-state index contributed by atoms with van der Waals surface area (Å²) in [6, 6.07) is 5.27. The van der Waals surface area contributed by atoms with E-state index < -0.39 is 0 Å². The van der Waals surface area contributed by atoms with Gasteiger partial charge in [-0.1, -0.05) is 18.0 Å². The van der Waals surface area contributed by atoms with Crippen LogP contribution in [0.5, 0.6) is 0 Å². The van der Waals surface area contributed by atoms with Gasteiger partial charge in [-0.15, -0.1) is 0 Å². The van der Waals surface area contributed by atoms with E-state index in [9.17, 15) is 4.39 Å². The van der Waals surface area contributed by atoms with Crippen molar-refractivity contribution in [3.05, 3.63) is 34.6 Å². The third-order valence-electron chi connectivity index (χ3n) is 3.48. The van der Waals surface area contributed by atoms with Crippen LogP contribution in [0.25, 0.3) is 0 Å². The summed E-state index contributed by atoms with van der Waals surface area (Å²) >= 11 is 7.80. The fourth-order valence-corrected chi connectivity index (χ4v) is 3.59. The standard InChI is InChI=1S/C14H19ClFNS/c1-18-14-4-2-3-13(8-14)17-9-10-5-11(15)7-12(16)6-10/h5-7,13-14,17H,2-4,8-9H2,1H3. The van der Waals surface area contributed by atoms with Crippen molar-refractivity contribution in [3.8, 4) is 0 Å². The van der Waals surface area contributed by atoms with Gasteiger partial charge in [-0.25, -0.2) is 4.39 Å². The summed E-state index contributed by atoms with van der Waals surface area (Å²) in [6.45, 7) is 0.698. The molecule has 2 atom stereocenters. The molecule has 1 N–H and O–H groups in total. The Balaban J connectivity index is 1.87. The van der Waals surface area contributed by atoms with Gasteiger partial charge in [-0.05, 0) is 49.3 Å². The molecular weight excluding hydrogens is 269 g/mol. The highest BCUT2D eigenvalue weighted by Gasteiger charge is 2.20. The zero-order valence-corrected chi connectivity index (χ0v) is 12.2. The molecule has 1 aromatic rings. The number of benzene rings is 1. The molecule has 0 aliphatic heterocycles. The number of rotatable bonds is 4. The maximum absolute atomic E-state index is 13.2. The lowest BCUT2D eigenvalue weighted by Crippen LogP contribution is -2.34. The van der Waals surface area contributed by atoms with Crippen molar-refractivity contribution in [3.63, 3.8) is 0 Å². The Morgan fingerprint density at radius 2 is 2.22 bits per heavy atom. The van der Waals surface area contributed by atoms with Gasteiger partial charge in [0, 0.05) is 22.9 Å². The van der Waals surface area contributed by atoms with Crippen molar-refractivity contribution < 1.29 is 4.39 Å². The third-order valence-corrected chi connectivity index (χ3v) is 4.79. The molecule has 2 unspecified atom stereocenters. The first-order chi connectivity index (χ1) is 8.67. The summed E-state index contributed by atoms with van der Waals surface area (Å²) in [5.41, 5.74) is 0.922. The Labute approximate surface area is 117 Å². The second-order valence-electron chi connectivity index (χ2n) is 4.88. The van der Waals surface area contributed by atoms with Crippen LogP contribution in [0.3, 0.4) is 0 Å². The Morgan fingerprint density at radius 1 is 1.39 bits per heavy atom. The average molecular weight is 288 g/mol. The minimum absolute atomic E-state index is 0.259. The number of halogens is 2. The molecule has 4 heteroatoms. The van der Waals surface area contributed by atoms with E-state index in [2.05, 4.69) is 11.6 Å². The Hall–Kier alpha value is -0.250. The smallest absolute Gasteiger partial charge is 0.125 e. The van der Waals surface area contributed by atoms with E-state index in [-0.39, 0.29) is 5.82 Å². The summed E-state index contributed by atoms with van der Waals surface area (Å²) in [5.74, 6) is -0.259. The van der Waals surface area contributed by atoms with Crippen LogP contribution in [-0.4, -0.2) is 17.5 Å². The Kier molecular flexibility index (Phi) is 5.34. The molecule has 1 saturated carbocycles.